The molecule has 7 heteroatoms. The Morgan fingerprint density at radius 1 is 1.29 bits per heavy atom. The predicted octanol–water partition coefficient (Wildman–Crippen LogP) is 3.53. The molecule has 0 saturated heterocycles. The van der Waals surface area contributed by atoms with Crippen LogP contribution in [0.5, 0.6) is 0 Å². The summed E-state index contributed by atoms with van der Waals surface area (Å²) in [5.41, 5.74) is 7.76. The Labute approximate surface area is 137 Å². The third-order valence-corrected chi connectivity index (χ3v) is 6.97. The fraction of sp³-hybridized carbons (Fsp3) is 0.286. The van der Waals surface area contributed by atoms with E-state index in [-0.39, 0.29) is 4.90 Å². The summed E-state index contributed by atoms with van der Waals surface area (Å²) in [5.74, 6) is 0. The van der Waals surface area contributed by atoms with Crippen LogP contribution in [-0.2, 0) is 16.6 Å². The number of anilines is 1. The molecule has 2 N–H and O–H groups in total. The minimum absolute atomic E-state index is 0.209. The number of rotatable bonds is 4. The van der Waals surface area contributed by atoms with Crippen molar-refractivity contribution in [2.45, 2.75) is 25.3 Å². The van der Waals surface area contributed by atoms with E-state index in [1.54, 1.807) is 20.0 Å². The molecule has 0 aliphatic carbocycles. The molecule has 1 aromatic carbocycles. The molecule has 2 aromatic rings. The molecule has 114 valence electrons. The first kappa shape index (κ1) is 16.5. The van der Waals surface area contributed by atoms with E-state index >= 15 is 0 Å². The minimum Gasteiger partial charge on any atom is -0.397 e. The molecule has 4 nitrogen and oxygen atoms in total. The highest BCUT2D eigenvalue weighted by atomic mass is 79.9. The Balaban J connectivity index is 2.40. The summed E-state index contributed by atoms with van der Waals surface area (Å²) in [6.45, 7) is 3.90. The number of aryl methyl sites for hydroxylation is 2. The van der Waals surface area contributed by atoms with Crippen LogP contribution in [0.15, 0.2) is 32.9 Å². The van der Waals surface area contributed by atoms with E-state index in [0.29, 0.717) is 17.8 Å². The molecule has 1 heterocycles. The molecule has 1 aromatic heterocycles. The Morgan fingerprint density at radius 3 is 2.48 bits per heavy atom. The van der Waals surface area contributed by atoms with Crippen molar-refractivity contribution in [1.82, 2.24) is 4.31 Å². The summed E-state index contributed by atoms with van der Waals surface area (Å²) in [6.07, 6.45) is 0. The maximum atomic E-state index is 12.8. The summed E-state index contributed by atoms with van der Waals surface area (Å²) < 4.78 is 27.8. The molecule has 2 rings (SSSR count). The van der Waals surface area contributed by atoms with Gasteiger partial charge < -0.3 is 5.73 Å². The van der Waals surface area contributed by atoms with Gasteiger partial charge >= 0.3 is 0 Å². The van der Waals surface area contributed by atoms with Crippen LogP contribution in [0.25, 0.3) is 0 Å². The van der Waals surface area contributed by atoms with Gasteiger partial charge in [-0.1, -0.05) is 12.1 Å². The summed E-state index contributed by atoms with van der Waals surface area (Å²) in [6, 6.07) is 5.54. The normalized spacial score (nSPS) is 12.0. The second-order valence-corrected chi connectivity index (χ2v) is 8.83. The molecule has 0 bridgehead atoms. The highest BCUT2D eigenvalue weighted by molar-refractivity contribution is 9.10. The average molecular weight is 389 g/mol. The van der Waals surface area contributed by atoms with Crippen molar-refractivity contribution in [3.05, 3.63) is 44.1 Å². The van der Waals surface area contributed by atoms with Crippen molar-refractivity contribution in [3.63, 3.8) is 0 Å². The number of nitrogens with two attached hydrogens (primary N) is 1. The van der Waals surface area contributed by atoms with Crippen molar-refractivity contribution in [2.75, 3.05) is 12.8 Å². The van der Waals surface area contributed by atoms with Gasteiger partial charge in [0.1, 0.15) is 4.90 Å². The van der Waals surface area contributed by atoms with Crippen LogP contribution in [0.2, 0.25) is 0 Å². The lowest BCUT2D eigenvalue weighted by Crippen LogP contribution is -2.27. The fourth-order valence-corrected chi connectivity index (χ4v) is 5.17. The molecule has 0 saturated carbocycles. The van der Waals surface area contributed by atoms with Crippen LogP contribution in [0, 0.1) is 13.8 Å². The van der Waals surface area contributed by atoms with Gasteiger partial charge in [-0.15, -0.1) is 11.3 Å². The summed E-state index contributed by atoms with van der Waals surface area (Å²) in [4.78, 5) is 1.18. The number of hydrogen-bond acceptors (Lipinski definition) is 4. The first-order valence-corrected chi connectivity index (χ1v) is 9.39. The van der Waals surface area contributed by atoms with E-state index < -0.39 is 10.0 Å². The molecule has 0 radical (unpaired) electrons. The van der Waals surface area contributed by atoms with Crippen LogP contribution >= 0.6 is 27.3 Å². The number of benzene rings is 1. The van der Waals surface area contributed by atoms with Crippen LogP contribution in [0.3, 0.4) is 0 Å². The maximum absolute atomic E-state index is 12.8. The zero-order valence-corrected chi connectivity index (χ0v) is 15.3. The zero-order valence-electron chi connectivity index (χ0n) is 12.1. The van der Waals surface area contributed by atoms with Gasteiger partial charge in [0, 0.05) is 28.3 Å². The molecular formula is C14H17BrN2O2S2. The van der Waals surface area contributed by atoms with Crippen LogP contribution in [0.1, 0.15) is 16.0 Å². The first-order chi connectivity index (χ1) is 9.73. The number of nitrogen functional groups attached to an aromatic ring is 1. The number of sulfonamides is 1. The molecule has 0 amide bonds. The first-order valence-electron chi connectivity index (χ1n) is 6.28. The molecule has 21 heavy (non-hydrogen) atoms. The van der Waals surface area contributed by atoms with Crippen molar-refractivity contribution in [1.29, 1.82) is 0 Å². The molecular weight excluding hydrogens is 372 g/mol. The van der Waals surface area contributed by atoms with Gasteiger partial charge in [0.2, 0.25) is 10.0 Å². The lowest BCUT2D eigenvalue weighted by Gasteiger charge is -2.20. The predicted molar refractivity (Wildman–Crippen MR) is 91.0 cm³/mol. The Bertz CT molecular complexity index is 769. The summed E-state index contributed by atoms with van der Waals surface area (Å²) in [7, 11) is -2.04. The van der Waals surface area contributed by atoms with Gasteiger partial charge in [-0.05, 0) is 47.0 Å². The van der Waals surface area contributed by atoms with Crippen molar-refractivity contribution in [3.8, 4) is 0 Å². The number of halogens is 1. The van der Waals surface area contributed by atoms with E-state index in [9.17, 15) is 8.42 Å². The summed E-state index contributed by atoms with van der Waals surface area (Å²) in [5, 5.41) is 1.93. The highest BCUT2D eigenvalue weighted by Crippen LogP contribution is 2.30. The third-order valence-electron chi connectivity index (χ3n) is 3.28. The second-order valence-electron chi connectivity index (χ2n) is 4.93. The average Bonchev–Trinajstić information content (AvgIpc) is 2.79. The highest BCUT2D eigenvalue weighted by Gasteiger charge is 2.26. The van der Waals surface area contributed by atoms with Crippen molar-refractivity contribution < 1.29 is 8.42 Å². The maximum Gasteiger partial charge on any atom is 0.245 e. The Hall–Kier alpha value is -0.890. The third kappa shape index (κ3) is 3.31. The molecule has 0 fully saturated rings. The fourth-order valence-electron chi connectivity index (χ4n) is 2.05. The number of thiophene rings is 1. The molecule has 0 aliphatic heterocycles. The standard InChI is InChI=1S/C14H17BrN2O2S2/c1-9-4-5-10(2)14(13(9)16)21(18,19)17(3)7-12-6-11(15)8-20-12/h4-6,8H,7,16H2,1-3H3. The smallest absolute Gasteiger partial charge is 0.245 e. The topological polar surface area (TPSA) is 63.4 Å². The van der Waals surface area contributed by atoms with Crippen LogP contribution < -0.4 is 5.73 Å². The van der Waals surface area contributed by atoms with E-state index in [2.05, 4.69) is 15.9 Å². The lowest BCUT2D eigenvalue weighted by molar-refractivity contribution is 0.469. The van der Waals surface area contributed by atoms with Gasteiger partial charge in [0.15, 0.2) is 0 Å². The lowest BCUT2D eigenvalue weighted by atomic mass is 10.1. The number of nitrogens with zero attached hydrogens (tertiary/aromatic N) is 1. The minimum atomic E-state index is -3.61. The largest absolute Gasteiger partial charge is 0.397 e. The summed E-state index contributed by atoms with van der Waals surface area (Å²) >= 11 is 4.89. The van der Waals surface area contributed by atoms with Crippen LogP contribution in [-0.4, -0.2) is 19.8 Å². The van der Waals surface area contributed by atoms with E-state index in [4.69, 9.17) is 5.73 Å². The van der Waals surface area contributed by atoms with Gasteiger partial charge in [-0.25, -0.2) is 8.42 Å². The van der Waals surface area contributed by atoms with E-state index in [1.807, 2.05) is 24.4 Å². The van der Waals surface area contributed by atoms with Gasteiger partial charge in [-0.3, -0.25) is 0 Å². The van der Waals surface area contributed by atoms with Gasteiger partial charge in [0.05, 0.1) is 5.69 Å². The van der Waals surface area contributed by atoms with Gasteiger partial charge in [0.25, 0.3) is 0 Å². The Morgan fingerprint density at radius 2 is 1.90 bits per heavy atom. The van der Waals surface area contributed by atoms with E-state index in [0.717, 1.165) is 14.9 Å². The quantitative estimate of drug-likeness (QED) is 0.814. The van der Waals surface area contributed by atoms with Crippen molar-refractivity contribution in [2.24, 2.45) is 0 Å². The molecule has 0 unspecified atom stereocenters. The van der Waals surface area contributed by atoms with E-state index in [1.165, 1.54) is 15.6 Å². The number of hydrogen-bond donors (Lipinski definition) is 1. The Kier molecular flexibility index (Phi) is 4.77. The molecule has 0 atom stereocenters. The van der Waals surface area contributed by atoms with Crippen molar-refractivity contribution >= 4 is 43.0 Å². The van der Waals surface area contributed by atoms with Gasteiger partial charge in [-0.2, -0.15) is 4.31 Å². The van der Waals surface area contributed by atoms with Crippen LogP contribution in [0.4, 0.5) is 5.69 Å². The molecule has 0 aliphatic rings. The second kappa shape index (κ2) is 6.08. The SMILES string of the molecule is Cc1ccc(C)c(S(=O)(=O)N(C)Cc2cc(Br)cs2)c1N. The zero-order chi connectivity index (χ0) is 15.8. The monoisotopic (exact) mass is 388 g/mol. The molecule has 0 spiro atoms.